The van der Waals surface area contributed by atoms with Gasteiger partial charge in [0.25, 0.3) is 5.91 Å². The van der Waals surface area contributed by atoms with Crippen LogP contribution in [0.4, 0.5) is 4.39 Å². The lowest BCUT2D eigenvalue weighted by Gasteiger charge is -2.21. The van der Waals surface area contributed by atoms with Crippen LogP contribution in [0.1, 0.15) is 50.7 Å². The highest BCUT2D eigenvalue weighted by atomic mass is 32.2. The summed E-state index contributed by atoms with van der Waals surface area (Å²) in [6.45, 7) is 6.73. The van der Waals surface area contributed by atoms with Crippen molar-refractivity contribution in [3.05, 3.63) is 76.6 Å². The Bertz CT molecular complexity index is 1250. The van der Waals surface area contributed by atoms with Crippen LogP contribution in [-0.4, -0.2) is 31.5 Å². The second-order valence-electron chi connectivity index (χ2n) is 8.89. The molecule has 0 N–H and O–H groups in total. The van der Waals surface area contributed by atoms with E-state index in [2.05, 4.69) is 13.8 Å². The number of hydrogen-bond donors (Lipinski definition) is 0. The fraction of sp³-hybridized carbons (Fsp3) is 0.321. The van der Waals surface area contributed by atoms with Crippen LogP contribution < -0.4 is 0 Å². The van der Waals surface area contributed by atoms with Crippen molar-refractivity contribution >= 4 is 40.3 Å². The first-order valence-electron chi connectivity index (χ1n) is 12.1. The molecule has 1 amide bonds. The fourth-order valence-electron chi connectivity index (χ4n) is 4.14. The molecule has 0 radical (unpaired) electrons. The summed E-state index contributed by atoms with van der Waals surface area (Å²) in [5.74, 6) is 0.0823. The molecule has 1 unspecified atom stereocenters. The third kappa shape index (κ3) is 5.73. The fourth-order valence-corrected chi connectivity index (χ4v) is 5.41. The van der Waals surface area contributed by atoms with Crippen LogP contribution in [0, 0.1) is 18.7 Å². The molecule has 4 rings (SSSR count). The summed E-state index contributed by atoms with van der Waals surface area (Å²) in [5.41, 5.74) is 3.49. The second-order valence-corrected chi connectivity index (χ2v) is 10.6. The number of benzene rings is 2. The van der Waals surface area contributed by atoms with Crippen molar-refractivity contribution in [2.75, 3.05) is 6.54 Å². The molecule has 35 heavy (non-hydrogen) atoms. The lowest BCUT2D eigenvalue weighted by Crippen LogP contribution is -2.33. The zero-order chi connectivity index (χ0) is 24.9. The summed E-state index contributed by atoms with van der Waals surface area (Å²) in [6, 6.07) is 14.8. The van der Waals surface area contributed by atoms with Gasteiger partial charge in [-0.05, 0) is 49.1 Å². The largest absolute Gasteiger partial charge is 0.293 e. The van der Waals surface area contributed by atoms with Gasteiger partial charge in [-0.3, -0.25) is 9.69 Å². The van der Waals surface area contributed by atoms with Gasteiger partial charge in [-0.1, -0.05) is 87.4 Å². The first kappa shape index (κ1) is 25.3. The highest BCUT2D eigenvalue weighted by Crippen LogP contribution is 2.36. The number of rotatable bonds is 9. The summed E-state index contributed by atoms with van der Waals surface area (Å²) < 4.78 is 16.8. The molecular weight excluding hydrogens is 477 g/mol. The molecule has 1 aliphatic heterocycles. The number of carbonyl (C=O) groups excluding carboxylic acids is 1. The van der Waals surface area contributed by atoms with E-state index in [-0.39, 0.29) is 11.7 Å². The standard InChI is InChI=1S/C28H30FN3OS2/c1-4-6-10-20(5-2)17-31-27(33)25(35-28(31)34)16-22-18-32(23-11-8-7-9-12-23)30-26(22)21-14-13-19(3)24(29)15-21/h7-9,11-16,18,20H,4-6,10,17H2,1-3H3/b25-16-. The van der Waals surface area contributed by atoms with Crippen molar-refractivity contribution in [2.24, 2.45) is 5.92 Å². The topological polar surface area (TPSA) is 38.1 Å². The summed E-state index contributed by atoms with van der Waals surface area (Å²) in [5, 5.41) is 4.76. The Kier molecular flexibility index (Phi) is 8.19. The van der Waals surface area contributed by atoms with Crippen LogP contribution >= 0.6 is 24.0 Å². The van der Waals surface area contributed by atoms with Crippen LogP contribution in [0.25, 0.3) is 23.0 Å². The van der Waals surface area contributed by atoms with Gasteiger partial charge in [0.15, 0.2) is 0 Å². The van der Waals surface area contributed by atoms with E-state index < -0.39 is 0 Å². The zero-order valence-electron chi connectivity index (χ0n) is 20.3. The van der Waals surface area contributed by atoms with Crippen LogP contribution in [0.2, 0.25) is 0 Å². The number of unbranched alkanes of at least 4 members (excludes halogenated alkanes) is 1. The zero-order valence-corrected chi connectivity index (χ0v) is 22.0. The predicted molar refractivity (Wildman–Crippen MR) is 147 cm³/mol. The van der Waals surface area contributed by atoms with E-state index >= 15 is 0 Å². The molecule has 1 aromatic heterocycles. The minimum absolute atomic E-state index is 0.0663. The molecule has 1 saturated heterocycles. The number of nitrogens with zero attached hydrogens (tertiary/aromatic N) is 3. The molecular formula is C28H30FN3OS2. The molecule has 3 aromatic rings. The normalized spacial score (nSPS) is 15.9. The summed E-state index contributed by atoms with van der Waals surface area (Å²) in [7, 11) is 0. The minimum Gasteiger partial charge on any atom is -0.293 e. The van der Waals surface area contributed by atoms with Gasteiger partial charge < -0.3 is 0 Å². The van der Waals surface area contributed by atoms with Crippen LogP contribution in [0.15, 0.2) is 59.6 Å². The molecule has 182 valence electrons. The van der Waals surface area contributed by atoms with Crippen molar-refractivity contribution in [3.8, 4) is 16.9 Å². The maximum absolute atomic E-state index is 14.4. The van der Waals surface area contributed by atoms with E-state index in [0.717, 1.165) is 36.9 Å². The number of carbonyl (C=O) groups is 1. The molecule has 2 heterocycles. The Morgan fingerprint density at radius 3 is 2.63 bits per heavy atom. The van der Waals surface area contributed by atoms with E-state index in [1.807, 2.05) is 48.7 Å². The number of thiocarbonyl (C=S) groups is 1. The van der Waals surface area contributed by atoms with Crippen molar-refractivity contribution in [1.29, 1.82) is 0 Å². The van der Waals surface area contributed by atoms with Gasteiger partial charge in [-0.2, -0.15) is 5.10 Å². The third-order valence-electron chi connectivity index (χ3n) is 6.35. The number of para-hydroxylation sites is 1. The van der Waals surface area contributed by atoms with E-state index in [1.165, 1.54) is 17.8 Å². The van der Waals surface area contributed by atoms with Crippen molar-refractivity contribution in [3.63, 3.8) is 0 Å². The van der Waals surface area contributed by atoms with Gasteiger partial charge in [0.1, 0.15) is 15.8 Å². The molecule has 4 nitrogen and oxygen atoms in total. The SMILES string of the molecule is CCCCC(CC)CN1C(=O)/C(=C/c2cn(-c3ccccc3)nc2-c2ccc(C)c(F)c2)SC1=S. The van der Waals surface area contributed by atoms with Crippen LogP contribution in [0.3, 0.4) is 0 Å². The van der Waals surface area contributed by atoms with E-state index in [4.69, 9.17) is 17.3 Å². The predicted octanol–water partition coefficient (Wildman–Crippen LogP) is 7.40. The van der Waals surface area contributed by atoms with Crippen molar-refractivity contribution in [1.82, 2.24) is 14.7 Å². The molecule has 2 aromatic carbocycles. The van der Waals surface area contributed by atoms with Gasteiger partial charge in [0, 0.05) is 23.9 Å². The Balaban J connectivity index is 1.70. The average molecular weight is 508 g/mol. The molecule has 0 bridgehead atoms. The lowest BCUT2D eigenvalue weighted by molar-refractivity contribution is -0.122. The Hall–Kier alpha value is -2.77. The molecule has 0 aliphatic carbocycles. The van der Waals surface area contributed by atoms with Gasteiger partial charge in [0.05, 0.1) is 10.6 Å². The summed E-state index contributed by atoms with van der Waals surface area (Å²) in [6.07, 6.45) is 8.12. The molecule has 0 saturated carbocycles. The smallest absolute Gasteiger partial charge is 0.266 e. The Morgan fingerprint density at radius 1 is 1.17 bits per heavy atom. The number of aromatic nitrogens is 2. The number of hydrogen-bond acceptors (Lipinski definition) is 4. The van der Waals surface area contributed by atoms with Crippen LogP contribution in [-0.2, 0) is 4.79 Å². The monoisotopic (exact) mass is 507 g/mol. The highest BCUT2D eigenvalue weighted by Gasteiger charge is 2.33. The van der Waals surface area contributed by atoms with Gasteiger partial charge in [-0.15, -0.1) is 0 Å². The van der Waals surface area contributed by atoms with Crippen molar-refractivity contribution in [2.45, 2.75) is 46.5 Å². The lowest BCUT2D eigenvalue weighted by atomic mass is 9.99. The van der Waals surface area contributed by atoms with E-state index in [0.29, 0.717) is 38.5 Å². The van der Waals surface area contributed by atoms with Gasteiger partial charge in [-0.25, -0.2) is 9.07 Å². The average Bonchev–Trinajstić information content (AvgIpc) is 3.40. The maximum Gasteiger partial charge on any atom is 0.266 e. The van der Waals surface area contributed by atoms with Gasteiger partial charge >= 0.3 is 0 Å². The van der Waals surface area contributed by atoms with Crippen molar-refractivity contribution < 1.29 is 9.18 Å². The van der Waals surface area contributed by atoms with E-state index in [9.17, 15) is 9.18 Å². The summed E-state index contributed by atoms with van der Waals surface area (Å²) >= 11 is 6.91. The maximum atomic E-state index is 14.4. The first-order chi connectivity index (χ1) is 16.9. The van der Waals surface area contributed by atoms with Gasteiger partial charge in [0.2, 0.25) is 0 Å². The second kappa shape index (κ2) is 11.3. The molecule has 1 fully saturated rings. The number of halogens is 1. The van der Waals surface area contributed by atoms with Crippen LogP contribution in [0.5, 0.6) is 0 Å². The molecule has 1 atom stereocenters. The quantitative estimate of drug-likeness (QED) is 0.223. The Labute approximate surface area is 216 Å². The first-order valence-corrected chi connectivity index (χ1v) is 13.3. The molecule has 0 spiro atoms. The highest BCUT2D eigenvalue weighted by molar-refractivity contribution is 8.26. The number of thioether (sulfide) groups is 1. The molecule has 7 heteroatoms. The minimum atomic E-state index is -0.285. The molecule has 1 aliphatic rings. The summed E-state index contributed by atoms with van der Waals surface area (Å²) in [4.78, 5) is 15.6. The number of aryl methyl sites for hydroxylation is 1. The number of amides is 1. The van der Waals surface area contributed by atoms with E-state index in [1.54, 1.807) is 22.6 Å². The Morgan fingerprint density at radius 2 is 1.94 bits per heavy atom. The third-order valence-corrected chi connectivity index (χ3v) is 7.73.